The van der Waals surface area contributed by atoms with E-state index >= 15 is 0 Å². The molecule has 8 heteroatoms. The van der Waals surface area contributed by atoms with Crippen molar-refractivity contribution in [2.75, 3.05) is 20.2 Å². The van der Waals surface area contributed by atoms with Gasteiger partial charge in [0, 0.05) is 13.1 Å². The summed E-state index contributed by atoms with van der Waals surface area (Å²) in [6.07, 6.45) is 3.88. The Hall–Kier alpha value is -1.41. The van der Waals surface area contributed by atoms with E-state index in [0.29, 0.717) is 19.4 Å². The maximum atomic E-state index is 12.2. The number of imidazole rings is 1. The number of carbonyl (C=O) groups excluding carboxylic acids is 1. The Morgan fingerprint density at radius 2 is 2.39 bits per heavy atom. The Labute approximate surface area is 105 Å². The minimum absolute atomic E-state index is 0.0491. The molecule has 1 atom stereocenters. The van der Waals surface area contributed by atoms with Gasteiger partial charge in [-0.1, -0.05) is 0 Å². The molecule has 7 nitrogen and oxygen atoms in total. The number of hydrogen-bond acceptors (Lipinski definition) is 5. The SMILES string of the molecule is COC(=O)[C@H]1CCCN(S(=O)(=O)c2cnc[nH]2)C1. The molecule has 100 valence electrons. The highest BCUT2D eigenvalue weighted by Crippen LogP contribution is 2.23. The number of nitrogens with zero attached hydrogens (tertiary/aromatic N) is 2. The van der Waals surface area contributed by atoms with E-state index in [1.807, 2.05) is 0 Å². The van der Waals surface area contributed by atoms with Crippen LogP contribution < -0.4 is 0 Å². The van der Waals surface area contributed by atoms with Gasteiger partial charge in [-0.2, -0.15) is 4.31 Å². The van der Waals surface area contributed by atoms with E-state index in [-0.39, 0.29) is 23.5 Å². The molecule has 1 aromatic rings. The second-order valence-electron chi connectivity index (χ2n) is 4.14. The lowest BCUT2D eigenvalue weighted by atomic mass is 10.0. The molecule has 1 saturated heterocycles. The number of ether oxygens (including phenoxy) is 1. The van der Waals surface area contributed by atoms with Gasteiger partial charge < -0.3 is 9.72 Å². The first kappa shape index (κ1) is 13.0. The van der Waals surface area contributed by atoms with Crippen molar-refractivity contribution in [2.45, 2.75) is 17.9 Å². The quantitative estimate of drug-likeness (QED) is 0.781. The largest absolute Gasteiger partial charge is 0.469 e. The minimum Gasteiger partial charge on any atom is -0.469 e. The topological polar surface area (TPSA) is 92.4 Å². The Kier molecular flexibility index (Phi) is 3.67. The van der Waals surface area contributed by atoms with E-state index in [9.17, 15) is 13.2 Å². The highest BCUT2D eigenvalue weighted by atomic mass is 32.2. The van der Waals surface area contributed by atoms with Crippen molar-refractivity contribution in [3.8, 4) is 0 Å². The van der Waals surface area contributed by atoms with Crippen LogP contribution in [0, 0.1) is 5.92 Å². The fourth-order valence-electron chi connectivity index (χ4n) is 2.04. The third-order valence-electron chi connectivity index (χ3n) is 3.01. The summed E-state index contributed by atoms with van der Waals surface area (Å²) in [4.78, 5) is 17.7. The normalized spacial score (nSPS) is 21.7. The summed E-state index contributed by atoms with van der Waals surface area (Å²) in [5, 5.41) is 0.0491. The maximum absolute atomic E-state index is 12.2. The number of hydrogen-bond donors (Lipinski definition) is 1. The zero-order chi connectivity index (χ0) is 13.2. The Morgan fingerprint density at radius 1 is 1.61 bits per heavy atom. The van der Waals surface area contributed by atoms with E-state index in [1.165, 1.54) is 23.9 Å². The summed E-state index contributed by atoms with van der Waals surface area (Å²) in [6, 6.07) is 0. The van der Waals surface area contributed by atoms with Crippen LogP contribution in [0.5, 0.6) is 0 Å². The molecule has 0 amide bonds. The highest BCUT2D eigenvalue weighted by Gasteiger charge is 2.34. The Bertz CT molecular complexity index is 511. The molecule has 0 unspecified atom stereocenters. The zero-order valence-corrected chi connectivity index (χ0v) is 10.8. The molecule has 1 aliphatic rings. The first-order chi connectivity index (χ1) is 8.55. The summed E-state index contributed by atoms with van der Waals surface area (Å²) in [5.41, 5.74) is 0. The smallest absolute Gasteiger partial charge is 0.309 e. The summed E-state index contributed by atoms with van der Waals surface area (Å²) in [5.74, 6) is -0.749. The number of H-pyrrole nitrogens is 1. The average molecular weight is 273 g/mol. The number of carbonyl (C=O) groups is 1. The van der Waals surface area contributed by atoms with Crippen LogP contribution in [0.3, 0.4) is 0 Å². The van der Waals surface area contributed by atoms with Crippen LogP contribution in [0.1, 0.15) is 12.8 Å². The van der Waals surface area contributed by atoms with Gasteiger partial charge in [0.2, 0.25) is 0 Å². The van der Waals surface area contributed by atoms with E-state index in [2.05, 4.69) is 14.7 Å². The van der Waals surface area contributed by atoms with Crippen molar-refractivity contribution in [1.29, 1.82) is 0 Å². The standard InChI is InChI=1S/C10H15N3O4S/c1-17-10(14)8-3-2-4-13(6-8)18(15,16)9-5-11-7-12-9/h5,7-8H,2-4,6H2,1H3,(H,11,12)/t8-/m0/s1. The molecule has 1 fully saturated rings. The van der Waals surface area contributed by atoms with Gasteiger partial charge in [0.05, 0.1) is 25.6 Å². The number of sulfonamides is 1. The van der Waals surface area contributed by atoms with E-state index in [0.717, 1.165) is 0 Å². The van der Waals surface area contributed by atoms with Gasteiger partial charge in [0.15, 0.2) is 5.03 Å². The molecule has 1 N–H and O–H groups in total. The van der Waals surface area contributed by atoms with Crippen LogP contribution in [0.4, 0.5) is 0 Å². The first-order valence-corrected chi connectivity index (χ1v) is 7.06. The number of aromatic nitrogens is 2. The molecule has 0 spiro atoms. The predicted octanol–water partition coefficient (Wildman–Crippen LogP) is -0.0166. The zero-order valence-electron chi connectivity index (χ0n) is 10.00. The predicted molar refractivity (Wildman–Crippen MR) is 62.1 cm³/mol. The van der Waals surface area contributed by atoms with Crippen molar-refractivity contribution in [2.24, 2.45) is 5.92 Å². The van der Waals surface area contributed by atoms with Gasteiger partial charge in [-0.05, 0) is 12.8 Å². The third-order valence-corrected chi connectivity index (χ3v) is 4.80. The number of nitrogens with one attached hydrogen (secondary N) is 1. The van der Waals surface area contributed by atoms with Gasteiger partial charge in [-0.3, -0.25) is 4.79 Å². The van der Waals surface area contributed by atoms with Crippen LogP contribution in [0.15, 0.2) is 17.6 Å². The number of methoxy groups -OCH3 is 1. The van der Waals surface area contributed by atoms with Crippen LogP contribution in [0.25, 0.3) is 0 Å². The van der Waals surface area contributed by atoms with Gasteiger partial charge in [0.25, 0.3) is 10.0 Å². The lowest BCUT2D eigenvalue weighted by Crippen LogP contribution is -2.42. The van der Waals surface area contributed by atoms with Gasteiger partial charge in [-0.15, -0.1) is 0 Å². The first-order valence-electron chi connectivity index (χ1n) is 5.62. The van der Waals surface area contributed by atoms with Crippen LogP contribution in [-0.4, -0.2) is 48.9 Å². The summed E-state index contributed by atoms with van der Waals surface area (Å²) in [6.45, 7) is 0.572. The van der Waals surface area contributed by atoms with Gasteiger partial charge >= 0.3 is 5.97 Å². The fourth-order valence-corrected chi connectivity index (χ4v) is 3.46. The monoisotopic (exact) mass is 273 g/mol. The van der Waals surface area contributed by atoms with Crippen LogP contribution in [-0.2, 0) is 19.6 Å². The maximum Gasteiger partial charge on any atom is 0.309 e. The molecule has 0 radical (unpaired) electrons. The molecule has 0 aromatic carbocycles. The Morgan fingerprint density at radius 3 is 3.00 bits per heavy atom. The molecule has 2 rings (SSSR count). The fraction of sp³-hybridized carbons (Fsp3) is 0.600. The second kappa shape index (κ2) is 5.07. The summed E-state index contributed by atoms with van der Waals surface area (Å²) < 4.78 is 30.4. The lowest BCUT2D eigenvalue weighted by Gasteiger charge is -2.29. The molecule has 0 saturated carbocycles. The molecule has 0 aliphatic carbocycles. The second-order valence-corrected chi connectivity index (χ2v) is 6.05. The highest BCUT2D eigenvalue weighted by molar-refractivity contribution is 7.89. The van der Waals surface area contributed by atoms with Crippen molar-refractivity contribution in [3.63, 3.8) is 0 Å². The van der Waals surface area contributed by atoms with Gasteiger partial charge in [0.1, 0.15) is 0 Å². The van der Waals surface area contributed by atoms with Crippen molar-refractivity contribution in [3.05, 3.63) is 12.5 Å². The molecule has 1 aromatic heterocycles. The van der Waals surface area contributed by atoms with Crippen molar-refractivity contribution < 1.29 is 17.9 Å². The molecule has 0 bridgehead atoms. The van der Waals surface area contributed by atoms with Crippen molar-refractivity contribution >= 4 is 16.0 Å². The number of rotatable bonds is 3. The van der Waals surface area contributed by atoms with E-state index < -0.39 is 10.0 Å². The summed E-state index contributed by atoms with van der Waals surface area (Å²) in [7, 11) is -2.28. The molecule has 1 aliphatic heterocycles. The molecular formula is C10H15N3O4S. The summed E-state index contributed by atoms with van der Waals surface area (Å²) >= 11 is 0. The average Bonchev–Trinajstić information content (AvgIpc) is 2.92. The number of esters is 1. The van der Waals surface area contributed by atoms with E-state index in [1.54, 1.807) is 0 Å². The minimum atomic E-state index is -3.59. The van der Waals surface area contributed by atoms with E-state index in [4.69, 9.17) is 0 Å². The van der Waals surface area contributed by atoms with Gasteiger partial charge in [-0.25, -0.2) is 13.4 Å². The van der Waals surface area contributed by atoms with Crippen molar-refractivity contribution in [1.82, 2.24) is 14.3 Å². The Balaban J connectivity index is 2.17. The lowest BCUT2D eigenvalue weighted by molar-refractivity contribution is -0.146. The third kappa shape index (κ3) is 2.39. The van der Waals surface area contributed by atoms with Crippen LogP contribution in [0.2, 0.25) is 0 Å². The molecule has 18 heavy (non-hydrogen) atoms. The molecule has 2 heterocycles. The number of piperidine rings is 1. The molecular weight excluding hydrogens is 258 g/mol. The number of aromatic amines is 1. The van der Waals surface area contributed by atoms with Crippen LogP contribution >= 0.6 is 0 Å².